The molecule has 11 N–H and O–H groups in total. The Morgan fingerprint density at radius 3 is 2.17 bits per heavy atom. The maximum Gasteiger partial charge on any atom is 0.325 e. The SMILES string of the molecule is CC(NC(=O)CNC(=O)C(CCC(=O)O)NC(=O)C(N)CCCN=C(N)N)C(=O)O. The second kappa shape index (κ2) is 13.7. The molecule has 0 aromatic carbocycles. The minimum atomic E-state index is -1.25. The normalized spacial score (nSPS) is 13.3. The third kappa shape index (κ3) is 12.1. The molecule has 0 aliphatic carbocycles. The zero-order chi connectivity index (χ0) is 23.3. The Hall–Kier alpha value is -3.42. The molecule has 14 heteroatoms. The van der Waals surface area contributed by atoms with Crippen LogP contribution in [0.25, 0.3) is 0 Å². The third-order valence-electron chi connectivity index (χ3n) is 3.76. The summed E-state index contributed by atoms with van der Waals surface area (Å²) in [6.07, 6.45) is -0.0348. The molecule has 30 heavy (non-hydrogen) atoms. The van der Waals surface area contributed by atoms with Crippen molar-refractivity contribution in [3.05, 3.63) is 0 Å². The Labute approximate surface area is 172 Å². The van der Waals surface area contributed by atoms with Gasteiger partial charge in [-0.05, 0) is 26.2 Å². The number of aliphatic carboxylic acids is 2. The summed E-state index contributed by atoms with van der Waals surface area (Å²) < 4.78 is 0. The monoisotopic (exact) mass is 431 g/mol. The van der Waals surface area contributed by atoms with Crippen molar-refractivity contribution >= 4 is 35.6 Å². The predicted molar refractivity (Wildman–Crippen MR) is 105 cm³/mol. The van der Waals surface area contributed by atoms with E-state index in [2.05, 4.69) is 20.9 Å². The van der Waals surface area contributed by atoms with E-state index < -0.39 is 60.8 Å². The topological polar surface area (TPSA) is 252 Å². The molecule has 0 rings (SSSR count). The first-order valence-electron chi connectivity index (χ1n) is 9.07. The molecule has 0 radical (unpaired) electrons. The zero-order valence-corrected chi connectivity index (χ0v) is 16.6. The van der Waals surface area contributed by atoms with E-state index in [1.165, 1.54) is 6.92 Å². The molecule has 3 amide bonds. The largest absolute Gasteiger partial charge is 0.481 e. The number of hydrogen-bond acceptors (Lipinski definition) is 7. The molecule has 0 saturated carbocycles. The number of nitrogens with zero attached hydrogens (tertiary/aromatic N) is 1. The highest BCUT2D eigenvalue weighted by Crippen LogP contribution is 2.01. The molecule has 0 aromatic heterocycles. The summed E-state index contributed by atoms with van der Waals surface area (Å²) in [6, 6.07) is -3.39. The van der Waals surface area contributed by atoms with Crippen molar-refractivity contribution in [3.8, 4) is 0 Å². The number of guanidine groups is 1. The van der Waals surface area contributed by atoms with Gasteiger partial charge in [-0.2, -0.15) is 0 Å². The first-order chi connectivity index (χ1) is 13.9. The summed E-state index contributed by atoms with van der Waals surface area (Å²) in [7, 11) is 0. The molecule has 0 fully saturated rings. The first kappa shape index (κ1) is 26.6. The average molecular weight is 431 g/mol. The van der Waals surface area contributed by atoms with Crippen molar-refractivity contribution in [2.75, 3.05) is 13.1 Å². The molecule has 0 spiro atoms. The number of amides is 3. The highest BCUT2D eigenvalue weighted by Gasteiger charge is 2.25. The lowest BCUT2D eigenvalue weighted by Crippen LogP contribution is -2.53. The molecule has 0 heterocycles. The van der Waals surface area contributed by atoms with Crippen molar-refractivity contribution in [1.29, 1.82) is 0 Å². The second-order valence-corrected chi connectivity index (χ2v) is 6.39. The van der Waals surface area contributed by atoms with Crippen LogP contribution in [-0.4, -0.2) is 77.0 Å². The Bertz CT molecular complexity index is 664. The van der Waals surface area contributed by atoms with E-state index in [0.29, 0.717) is 6.42 Å². The third-order valence-corrected chi connectivity index (χ3v) is 3.76. The maximum absolute atomic E-state index is 12.3. The lowest BCUT2D eigenvalue weighted by Gasteiger charge is -2.20. The van der Waals surface area contributed by atoms with Gasteiger partial charge in [-0.1, -0.05) is 0 Å². The summed E-state index contributed by atoms with van der Waals surface area (Å²) >= 11 is 0. The highest BCUT2D eigenvalue weighted by molar-refractivity contribution is 5.92. The van der Waals surface area contributed by atoms with Gasteiger partial charge in [0.2, 0.25) is 17.7 Å². The Morgan fingerprint density at radius 2 is 1.63 bits per heavy atom. The van der Waals surface area contributed by atoms with Gasteiger partial charge in [0.1, 0.15) is 12.1 Å². The molecule has 3 unspecified atom stereocenters. The number of carbonyl (C=O) groups is 5. The van der Waals surface area contributed by atoms with E-state index in [0.717, 1.165) is 0 Å². The van der Waals surface area contributed by atoms with E-state index in [4.69, 9.17) is 27.4 Å². The van der Waals surface area contributed by atoms with Crippen LogP contribution in [0.3, 0.4) is 0 Å². The van der Waals surface area contributed by atoms with Gasteiger partial charge in [-0.3, -0.25) is 29.0 Å². The van der Waals surface area contributed by atoms with Crippen LogP contribution in [0.4, 0.5) is 0 Å². The summed E-state index contributed by atoms with van der Waals surface area (Å²) in [5.41, 5.74) is 16.1. The molecular formula is C16H29N7O7. The quantitative estimate of drug-likeness (QED) is 0.0762. The van der Waals surface area contributed by atoms with Gasteiger partial charge in [0.15, 0.2) is 5.96 Å². The van der Waals surface area contributed by atoms with Crippen molar-refractivity contribution in [1.82, 2.24) is 16.0 Å². The van der Waals surface area contributed by atoms with Crippen LogP contribution in [0, 0.1) is 0 Å². The lowest BCUT2D eigenvalue weighted by atomic mass is 10.1. The van der Waals surface area contributed by atoms with Crippen LogP contribution in [0.1, 0.15) is 32.6 Å². The van der Waals surface area contributed by atoms with Crippen LogP contribution in [0.5, 0.6) is 0 Å². The van der Waals surface area contributed by atoms with Crippen LogP contribution < -0.4 is 33.2 Å². The number of carboxylic acid groups (broad SMARTS) is 2. The smallest absolute Gasteiger partial charge is 0.325 e. The van der Waals surface area contributed by atoms with E-state index in [-0.39, 0.29) is 25.3 Å². The minimum absolute atomic E-state index is 0.0970. The standard InChI is InChI=1S/C16H29N7O7/c1-8(15(29)30)22-11(24)7-21-14(28)10(4-5-12(25)26)23-13(27)9(17)3-2-6-20-16(18)19/h8-10H,2-7,17H2,1H3,(H,21,28)(H,22,24)(H,23,27)(H,25,26)(H,29,30)(H4,18,19,20). The van der Waals surface area contributed by atoms with Gasteiger partial charge < -0.3 is 43.4 Å². The predicted octanol–water partition coefficient (Wildman–Crippen LogP) is -3.58. The molecule has 0 saturated heterocycles. The van der Waals surface area contributed by atoms with Gasteiger partial charge in [0.05, 0.1) is 12.6 Å². The number of rotatable bonds is 14. The summed E-state index contributed by atoms with van der Waals surface area (Å²) in [5.74, 6) is -4.80. The van der Waals surface area contributed by atoms with E-state index in [9.17, 15) is 24.0 Å². The van der Waals surface area contributed by atoms with Crippen LogP contribution in [0.2, 0.25) is 0 Å². The summed E-state index contributed by atoms with van der Waals surface area (Å²) in [6.45, 7) is 0.948. The molecule has 0 bridgehead atoms. The Balaban J connectivity index is 4.76. The molecule has 0 aliphatic heterocycles. The number of aliphatic imine (C=N–C) groups is 1. The van der Waals surface area contributed by atoms with Gasteiger partial charge >= 0.3 is 11.9 Å². The maximum atomic E-state index is 12.3. The van der Waals surface area contributed by atoms with Gasteiger partial charge in [-0.25, -0.2) is 0 Å². The fourth-order valence-electron chi connectivity index (χ4n) is 2.11. The van der Waals surface area contributed by atoms with Crippen molar-refractivity contribution in [2.45, 2.75) is 50.7 Å². The molecule has 0 aliphatic rings. The Kier molecular flexibility index (Phi) is 12.1. The molecule has 14 nitrogen and oxygen atoms in total. The lowest BCUT2D eigenvalue weighted by molar-refractivity contribution is -0.141. The van der Waals surface area contributed by atoms with Gasteiger partial charge in [-0.15, -0.1) is 0 Å². The number of nitrogens with two attached hydrogens (primary N) is 3. The number of carbonyl (C=O) groups excluding carboxylic acids is 3. The van der Waals surface area contributed by atoms with E-state index in [1.807, 2.05) is 0 Å². The van der Waals surface area contributed by atoms with Crippen molar-refractivity contribution in [2.24, 2.45) is 22.2 Å². The minimum Gasteiger partial charge on any atom is -0.481 e. The number of carboxylic acids is 2. The molecule has 0 aromatic rings. The number of hydrogen-bond donors (Lipinski definition) is 8. The van der Waals surface area contributed by atoms with E-state index in [1.54, 1.807) is 0 Å². The number of nitrogens with one attached hydrogen (secondary N) is 3. The van der Waals surface area contributed by atoms with Crippen LogP contribution in [-0.2, 0) is 24.0 Å². The van der Waals surface area contributed by atoms with Gasteiger partial charge in [0, 0.05) is 13.0 Å². The van der Waals surface area contributed by atoms with Crippen LogP contribution in [0.15, 0.2) is 4.99 Å². The Morgan fingerprint density at radius 1 is 1.00 bits per heavy atom. The fourth-order valence-corrected chi connectivity index (χ4v) is 2.11. The summed E-state index contributed by atoms with van der Waals surface area (Å²) in [4.78, 5) is 61.4. The van der Waals surface area contributed by atoms with Crippen molar-refractivity contribution in [3.63, 3.8) is 0 Å². The zero-order valence-electron chi connectivity index (χ0n) is 16.6. The van der Waals surface area contributed by atoms with E-state index >= 15 is 0 Å². The van der Waals surface area contributed by atoms with Crippen molar-refractivity contribution < 1.29 is 34.2 Å². The highest BCUT2D eigenvalue weighted by atomic mass is 16.4. The molecule has 170 valence electrons. The summed E-state index contributed by atoms with van der Waals surface area (Å²) in [5, 5.41) is 24.3. The van der Waals surface area contributed by atoms with Crippen LogP contribution >= 0.6 is 0 Å². The molecular weight excluding hydrogens is 402 g/mol. The first-order valence-corrected chi connectivity index (χ1v) is 9.07. The molecule has 3 atom stereocenters. The fraction of sp³-hybridized carbons (Fsp3) is 0.625. The van der Waals surface area contributed by atoms with Gasteiger partial charge in [0.25, 0.3) is 0 Å². The second-order valence-electron chi connectivity index (χ2n) is 6.39. The average Bonchev–Trinajstić information content (AvgIpc) is 2.65.